The first-order valence-corrected chi connectivity index (χ1v) is 7.92. The summed E-state index contributed by atoms with van der Waals surface area (Å²) in [5.74, 6) is 0.697. The van der Waals surface area contributed by atoms with Gasteiger partial charge in [0.05, 0.1) is 10.0 Å². The van der Waals surface area contributed by atoms with E-state index in [4.69, 9.17) is 23.2 Å². The van der Waals surface area contributed by atoms with E-state index >= 15 is 0 Å². The Morgan fingerprint density at radius 2 is 1.76 bits per heavy atom. The minimum atomic E-state index is 0.602. The van der Waals surface area contributed by atoms with Gasteiger partial charge in [-0.1, -0.05) is 53.5 Å². The molecule has 2 nitrogen and oxygen atoms in total. The Morgan fingerprint density at radius 3 is 2.38 bits per heavy atom. The predicted octanol–water partition coefficient (Wildman–Crippen LogP) is 4.22. The number of anilines is 1. The first kappa shape index (κ1) is 14.7. The molecule has 0 aliphatic carbocycles. The van der Waals surface area contributed by atoms with Crippen molar-refractivity contribution in [2.75, 3.05) is 24.5 Å². The second kappa shape index (κ2) is 6.69. The van der Waals surface area contributed by atoms with Gasteiger partial charge < -0.3 is 10.2 Å². The van der Waals surface area contributed by atoms with Crippen molar-refractivity contribution in [1.82, 2.24) is 5.32 Å². The number of halogens is 2. The molecule has 0 unspecified atom stereocenters. The van der Waals surface area contributed by atoms with Crippen LogP contribution in [0.25, 0.3) is 0 Å². The highest BCUT2D eigenvalue weighted by Crippen LogP contribution is 2.28. The first-order valence-electron chi connectivity index (χ1n) is 7.17. The Balaban J connectivity index is 1.82. The number of hydrogen-bond donors (Lipinski definition) is 1. The van der Waals surface area contributed by atoms with Crippen LogP contribution in [0, 0.1) is 5.92 Å². The van der Waals surface area contributed by atoms with Gasteiger partial charge >= 0.3 is 0 Å². The summed E-state index contributed by atoms with van der Waals surface area (Å²) in [6.45, 7) is 4.09. The van der Waals surface area contributed by atoms with Gasteiger partial charge in [-0.05, 0) is 23.8 Å². The maximum atomic E-state index is 6.17. The topological polar surface area (TPSA) is 15.3 Å². The number of nitrogens with zero attached hydrogens (tertiary/aromatic N) is 1. The predicted molar refractivity (Wildman–Crippen MR) is 90.3 cm³/mol. The van der Waals surface area contributed by atoms with Crippen molar-refractivity contribution in [3.05, 3.63) is 64.1 Å². The van der Waals surface area contributed by atoms with Crippen LogP contribution in [0.15, 0.2) is 48.5 Å². The van der Waals surface area contributed by atoms with E-state index in [1.165, 1.54) is 5.56 Å². The molecule has 1 N–H and O–H groups in total. The summed E-state index contributed by atoms with van der Waals surface area (Å²) < 4.78 is 0. The fraction of sp³-hybridized carbons (Fsp3) is 0.294. The third-order valence-electron chi connectivity index (χ3n) is 3.83. The molecule has 2 aromatic rings. The molecule has 2 aromatic carbocycles. The number of nitrogens with one attached hydrogen (secondary N) is 1. The average molecular weight is 321 g/mol. The molecule has 0 amide bonds. The summed E-state index contributed by atoms with van der Waals surface area (Å²) in [6, 6.07) is 16.4. The lowest BCUT2D eigenvalue weighted by Gasteiger charge is -2.34. The summed E-state index contributed by atoms with van der Waals surface area (Å²) in [5.41, 5.74) is 2.43. The Labute approximate surface area is 135 Å². The molecule has 3 rings (SSSR count). The van der Waals surface area contributed by atoms with Crippen LogP contribution >= 0.6 is 23.2 Å². The van der Waals surface area contributed by atoms with E-state index in [0.29, 0.717) is 16.0 Å². The minimum Gasteiger partial charge on any atom is -0.367 e. The summed E-state index contributed by atoms with van der Waals surface area (Å²) in [6.07, 6.45) is 0. The van der Waals surface area contributed by atoms with Crippen molar-refractivity contribution in [1.29, 1.82) is 0 Å². The third-order valence-corrected chi connectivity index (χ3v) is 4.57. The van der Waals surface area contributed by atoms with Gasteiger partial charge in [0.2, 0.25) is 0 Å². The van der Waals surface area contributed by atoms with Crippen molar-refractivity contribution >= 4 is 28.9 Å². The van der Waals surface area contributed by atoms with Crippen molar-refractivity contribution in [2.45, 2.75) is 6.54 Å². The van der Waals surface area contributed by atoms with Crippen LogP contribution in [0.3, 0.4) is 0 Å². The highest BCUT2D eigenvalue weighted by Gasteiger charge is 2.21. The fourth-order valence-electron chi connectivity index (χ4n) is 2.54. The van der Waals surface area contributed by atoms with Gasteiger partial charge in [-0.3, -0.25) is 0 Å². The lowest BCUT2D eigenvalue weighted by molar-refractivity contribution is 0.348. The molecule has 21 heavy (non-hydrogen) atoms. The lowest BCUT2D eigenvalue weighted by atomic mass is 10.0. The number of hydrogen-bond acceptors (Lipinski definition) is 2. The Hall–Kier alpha value is -1.22. The number of benzene rings is 2. The van der Waals surface area contributed by atoms with Gasteiger partial charge in [-0.2, -0.15) is 0 Å². The van der Waals surface area contributed by atoms with Crippen LogP contribution in [0.1, 0.15) is 5.56 Å². The zero-order valence-corrected chi connectivity index (χ0v) is 13.2. The van der Waals surface area contributed by atoms with Gasteiger partial charge in [0.15, 0.2) is 0 Å². The van der Waals surface area contributed by atoms with Gasteiger partial charge in [0.1, 0.15) is 0 Å². The third kappa shape index (κ3) is 3.70. The van der Waals surface area contributed by atoms with Gasteiger partial charge in [0, 0.05) is 37.8 Å². The highest BCUT2D eigenvalue weighted by molar-refractivity contribution is 6.42. The maximum Gasteiger partial charge on any atom is 0.0612 e. The van der Waals surface area contributed by atoms with E-state index in [0.717, 1.165) is 31.9 Å². The summed E-state index contributed by atoms with van der Waals surface area (Å²) in [5, 5.41) is 4.54. The largest absolute Gasteiger partial charge is 0.367 e. The Bertz CT molecular complexity index is 597. The second-order valence-electron chi connectivity index (χ2n) is 5.49. The average Bonchev–Trinajstić information content (AvgIpc) is 2.45. The Morgan fingerprint density at radius 1 is 1.00 bits per heavy atom. The van der Waals surface area contributed by atoms with E-state index < -0.39 is 0 Å². The molecule has 1 aliphatic rings. The highest BCUT2D eigenvalue weighted by atomic mass is 35.5. The molecule has 1 heterocycles. The van der Waals surface area contributed by atoms with E-state index in [1.54, 1.807) is 0 Å². The summed E-state index contributed by atoms with van der Waals surface area (Å²) in [4.78, 5) is 2.38. The molecular formula is C17H18Cl2N2. The first-order chi connectivity index (χ1) is 10.2. The molecule has 110 valence electrons. The van der Waals surface area contributed by atoms with Crippen molar-refractivity contribution in [3.8, 4) is 0 Å². The molecule has 0 atom stereocenters. The fourth-order valence-corrected chi connectivity index (χ4v) is 2.83. The molecule has 0 aromatic heterocycles. The van der Waals surface area contributed by atoms with Crippen LogP contribution in [-0.2, 0) is 6.54 Å². The van der Waals surface area contributed by atoms with Gasteiger partial charge in [-0.25, -0.2) is 0 Å². The quantitative estimate of drug-likeness (QED) is 0.887. The van der Waals surface area contributed by atoms with Crippen LogP contribution < -0.4 is 10.2 Å². The van der Waals surface area contributed by atoms with Crippen LogP contribution in [-0.4, -0.2) is 19.6 Å². The molecule has 1 fully saturated rings. The zero-order chi connectivity index (χ0) is 14.7. The Kier molecular flexibility index (Phi) is 4.69. The normalized spacial score (nSPS) is 14.8. The molecule has 0 radical (unpaired) electrons. The van der Waals surface area contributed by atoms with Crippen LogP contribution in [0.2, 0.25) is 10.0 Å². The van der Waals surface area contributed by atoms with Crippen molar-refractivity contribution in [2.24, 2.45) is 5.92 Å². The smallest absolute Gasteiger partial charge is 0.0612 e. The standard InChI is InChI=1S/C17H18Cl2N2/c18-16-7-6-15(8-17(16)19)21(12-14-9-20-10-14)11-13-4-2-1-3-5-13/h1-8,14,20H,9-12H2. The molecule has 4 heteroatoms. The van der Waals surface area contributed by atoms with Gasteiger partial charge in [0.25, 0.3) is 0 Å². The van der Waals surface area contributed by atoms with E-state index in [1.807, 2.05) is 24.3 Å². The molecule has 1 aliphatic heterocycles. The molecule has 1 saturated heterocycles. The van der Waals surface area contributed by atoms with Crippen molar-refractivity contribution in [3.63, 3.8) is 0 Å². The summed E-state index contributed by atoms with van der Waals surface area (Å²) >= 11 is 12.2. The lowest BCUT2D eigenvalue weighted by Crippen LogP contribution is -2.48. The zero-order valence-electron chi connectivity index (χ0n) is 11.7. The second-order valence-corrected chi connectivity index (χ2v) is 6.30. The maximum absolute atomic E-state index is 6.17. The SMILES string of the molecule is Clc1ccc(N(Cc2ccccc2)CC2CNC2)cc1Cl. The van der Waals surface area contributed by atoms with E-state index in [-0.39, 0.29) is 0 Å². The van der Waals surface area contributed by atoms with Gasteiger partial charge in [-0.15, -0.1) is 0 Å². The molecule has 0 saturated carbocycles. The molecule has 0 bridgehead atoms. The molecular weight excluding hydrogens is 303 g/mol. The van der Waals surface area contributed by atoms with Crippen LogP contribution in [0.4, 0.5) is 5.69 Å². The van der Waals surface area contributed by atoms with E-state index in [2.05, 4.69) is 34.5 Å². The summed E-state index contributed by atoms with van der Waals surface area (Å²) in [7, 11) is 0. The van der Waals surface area contributed by atoms with E-state index in [9.17, 15) is 0 Å². The van der Waals surface area contributed by atoms with Crippen LogP contribution in [0.5, 0.6) is 0 Å². The minimum absolute atomic E-state index is 0.602. The number of rotatable bonds is 5. The monoisotopic (exact) mass is 320 g/mol. The molecule has 0 spiro atoms. The van der Waals surface area contributed by atoms with Crippen molar-refractivity contribution < 1.29 is 0 Å².